The molecule has 4 aromatic rings. The molecule has 0 saturated heterocycles. The Morgan fingerprint density at radius 1 is 1.08 bits per heavy atom. The van der Waals surface area contributed by atoms with E-state index >= 15 is 0 Å². The minimum atomic E-state index is -1.51. The number of nitrogens with one attached hydrogen (secondary N) is 3. The topological polar surface area (TPSA) is 147 Å². The number of allylic oxidation sites excluding steroid dienone is 1. The number of rotatable bonds is 17. The fourth-order valence-electron chi connectivity index (χ4n) is 4.74. The number of fused-ring (bicyclic) bond motifs is 1. The number of aliphatic hydroxyl groups excluding tert-OH is 1. The van der Waals surface area contributed by atoms with Crippen molar-refractivity contribution in [3.05, 3.63) is 106 Å². The van der Waals surface area contributed by atoms with Crippen molar-refractivity contribution < 1.29 is 42.1 Å². The second-order valence-corrected chi connectivity index (χ2v) is 11.2. The number of carbonyl (C=O) groups excluding carboxylic acids is 2. The molecule has 0 spiro atoms. The van der Waals surface area contributed by atoms with Gasteiger partial charge in [-0.25, -0.2) is 13.2 Å². The number of methoxy groups -OCH3 is 1. The van der Waals surface area contributed by atoms with Crippen LogP contribution in [0.2, 0.25) is 0 Å². The lowest BCUT2D eigenvalue weighted by Gasteiger charge is -2.22. The quantitative estimate of drug-likeness (QED) is 0.0749. The number of pyridine rings is 1. The lowest BCUT2D eigenvalue weighted by Crippen LogP contribution is -2.47. The van der Waals surface area contributed by atoms with Gasteiger partial charge in [0.1, 0.15) is 35.5 Å². The molecule has 2 aromatic heterocycles. The molecule has 4 N–H and O–H groups in total. The SMILES string of the molecule is COCCOC(O)N[C@@H](CC/C=C/C(=O)N(C)C)C(=O)Nc1cccn(Cc2cc3cc(F)cc(OCc4ccc(F)cc4F)c3[nH]2)c1=O. The standard InChI is InChI=1S/C34H38F3N5O7/c1-41(2)30(43)9-5-4-7-27(40-34(46)48-14-13-47-3)32(44)39-28-8-6-12-42(33(28)45)19-25-16-22-15-24(36)18-29(31(22)38-25)49-20-21-10-11-23(35)17-26(21)37/h5-6,8-12,15-18,27,34,38,40,46H,4,7,13-14,19-20H2,1-3H3,(H,39,44)/b9-5+/t27-,34?/m0/s1. The first-order chi connectivity index (χ1) is 23.4. The first kappa shape index (κ1) is 36.9. The van der Waals surface area contributed by atoms with E-state index < -0.39 is 41.4 Å². The number of aromatic nitrogens is 2. The highest BCUT2D eigenvalue weighted by molar-refractivity contribution is 5.94. The average Bonchev–Trinajstić information content (AvgIpc) is 3.46. The van der Waals surface area contributed by atoms with Crippen molar-refractivity contribution in [2.75, 3.05) is 39.7 Å². The minimum absolute atomic E-state index is 0.00328. The number of amides is 2. The van der Waals surface area contributed by atoms with Crippen LogP contribution in [-0.4, -0.2) is 78.2 Å². The van der Waals surface area contributed by atoms with Gasteiger partial charge in [0.15, 0.2) is 0 Å². The molecule has 15 heteroatoms. The fourth-order valence-corrected chi connectivity index (χ4v) is 4.74. The van der Waals surface area contributed by atoms with Crippen LogP contribution in [-0.2, 0) is 32.2 Å². The molecule has 1 unspecified atom stereocenters. The number of aliphatic hydroxyl groups is 1. The highest BCUT2D eigenvalue weighted by atomic mass is 19.1. The Hall–Kier alpha value is -4.96. The van der Waals surface area contributed by atoms with Gasteiger partial charge in [0.25, 0.3) is 5.56 Å². The van der Waals surface area contributed by atoms with Crippen molar-refractivity contribution in [2.24, 2.45) is 0 Å². The van der Waals surface area contributed by atoms with E-state index in [4.69, 9.17) is 14.2 Å². The first-order valence-corrected chi connectivity index (χ1v) is 15.3. The van der Waals surface area contributed by atoms with Gasteiger partial charge in [0, 0.05) is 56.2 Å². The average molecular weight is 686 g/mol. The molecular weight excluding hydrogens is 647 g/mol. The summed E-state index contributed by atoms with van der Waals surface area (Å²) in [7, 11) is 4.68. The summed E-state index contributed by atoms with van der Waals surface area (Å²) in [5.41, 5.74) is 0.394. The molecular formula is C34H38F3N5O7. The largest absolute Gasteiger partial charge is 0.486 e. The molecule has 12 nitrogen and oxygen atoms in total. The smallest absolute Gasteiger partial charge is 0.274 e. The third kappa shape index (κ3) is 10.5. The van der Waals surface area contributed by atoms with Crippen LogP contribution in [0.4, 0.5) is 18.9 Å². The van der Waals surface area contributed by atoms with Gasteiger partial charge in [-0.05, 0) is 55.3 Å². The highest BCUT2D eigenvalue weighted by Gasteiger charge is 2.22. The number of anilines is 1. The second-order valence-electron chi connectivity index (χ2n) is 11.2. The van der Waals surface area contributed by atoms with Crippen LogP contribution in [0.1, 0.15) is 24.1 Å². The molecule has 2 aromatic carbocycles. The molecule has 0 fully saturated rings. The van der Waals surface area contributed by atoms with Gasteiger partial charge in [0.2, 0.25) is 18.2 Å². The monoisotopic (exact) mass is 685 g/mol. The summed E-state index contributed by atoms with van der Waals surface area (Å²) in [6.45, 7) is -0.00912. The van der Waals surface area contributed by atoms with E-state index in [1.807, 2.05) is 0 Å². The van der Waals surface area contributed by atoms with E-state index in [9.17, 15) is 32.7 Å². The van der Waals surface area contributed by atoms with Gasteiger partial charge in [-0.1, -0.05) is 6.08 Å². The summed E-state index contributed by atoms with van der Waals surface area (Å²) in [6, 6.07) is 9.06. The van der Waals surface area contributed by atoms with Crippen molar-refractivity contribution in [3.8, 4) is 5.75 Å². The lowest BCUT2D eigenvalue weighted by molar-refractivity contribution is -0.142. The van der Waals surface area contributed by atoms with Crippen molar-refractivity contribution >= 4 is 28.4 Å². The van der Waals surface area contributed by atoms with E-state index in [0.29, 0.717) is 23.0 Å². The van der Waals surface area contributed by atoms with Crippen molar-refractivity contribution in [1.82, 2.24) is 19.8 Å². The number of aromatic amines is 1. The molecule has 2 amide bonds. The Balaban J connectivity index is 1.49. The van der Waals surface area contributed by atoms with Crippen molar-refractivity contribution in [2.45, 2.75) is 38.4 Å². The molecule has 0 aliphatic carbocycles. The molecule has 0 aliphatic heterocycles. The van der Waals surface area contributed by atoms with Gasteiger partial charge < -0.3 is 39.1 Å². The summed E-state index contributed by atoms with van der Waals surface area (Å²) in [6.07, 6.45) is 3.41. The Morgan fingerprint density at radius 3 is 2.61 bits per heavy atom. The number of carbonyl (C=O) groups is 2. The summed E-state index contributed by atoms with van der Waals surface area (Å²) in [4.78, 5) is 43.1. The van der Waals surface area contributed by atoms with Crippen LogP contribution in [0.3, 0.4) is 0 Å². The maximum absolute atomic E-state index is 14.4. The van der Waals surface area contributed by atoms with Crippen molar-refractivity contribution in [3.63, 3.8) is 0 Å². The van der Waals surface area contributed by atoms with Crippen LogP contribution in [0.15, 0.2) is 71.7 Å². The fraction of sp³-hybridized carbons (Fsp3) is 0.324. The van der Waals surface area contributed by atoms with Crippen LogP contribution >= 0.6 is 0 Å². The molecule has 2 atom stereocenters. The number of benzene rings is 2. The Kier molecular flexibility index (Phi) is 13.1. The zero-order valence-electron chi connectivity index (χ0n) is 27.2. The van der Waals surface area contributed by atoms with E-state index in [1.54, 1.807) is 32.3 Å². The lowest BCUT2D eigenvalue weighted by atomic mass is 10.1. The van der Waals surface area contributed by atoms with Crippen LogP contribution in [0.25, 0.3) is 10.9 Å². The van der Waals surface area contributed by atoms with Crippen LogP contribution < -0.4 is 20.9 Å². The number of halogens is 3. The molecule has 49 heavy (non-hydrogen) atoms. The second kappa shape index (κ2) is 17.4. The Bertz CT molecular complexity index is 1840. The third-order valence-corrected chi connectivity index (χ3v) is 7.28. The third-order valence-electron chi connectivity index (χ3n) is 7.28. The van der Waals surface area contributed by atoms with Gasteiger partial charge in [0.05, 0.1) is 31.3 Å². The maximum Gasteiger partial charge on any atom is 0.274 e. The number of ether oxygens (including phenoxy) is 3. The molecule has 0 bridgehead atoms. The van der Waals surface area contributed by atoms with E-state index in [-0.39, 0.29) is 55.7 Å². The predicted molar refractivity (Wildman–Crippen MR) is 175 cm³/mol. The number of hydrogen-bond acceptors (Lipinski definition) is 8. The van der Waals surface area contributed by atoms with Gasteiger partial charge in [-0.15, -0.1) is 0 Å². The highest BCUT2D eigenvalue weighted by Crippen LogP contribution is 2.29. The number of hydrogen-bond donors (Lipinski definition) is 4. The minimum Gasteiger partial charge on any atom is -0.486 e. The van der Waals surface area contributed by atoms with Crippen molar-refractivity contribution in [1.29, 1.82) is 0 Å². The van der Waals surface area contributed by atoms with Crippen LogP contribution in [0.5, 0.6) is 5.75 Å². The number of H-pyrrole nitrogens is 1. The molecule has 0 aliphatic rings. The van der Waals surface area contributed by atoms with Gasteiger partial charge in [-0.2, -0.15) is 0 Å². The Morgan fingerprint density at radius 2 is 1.88 bits per heavy atom. The number of nitrogens with zero attached hydrogens (tertiary/aromatic N) is 2. The van der Waals surface area contributed by atoms with E-state index in [0.717, 1.165) is 18.2 Å². The molecule has 262 valence electrons. The van der Waals surface area contributed by atoms with Gasteiger partial charge in [-0.3, -0.25) is 19.7 Å². The molecule has 0 radical (unpaired) electrons. The summed E-state index contributed by atoms with van der Waals surface area (Å²) < 4.78 is 59.0. The molecule has 0 saturated carbocycles. The first-order valence-electron chi connectivity index (χ1n) is 15.3. The summed E-state index contributed by atoms with van der Waals surface area (Å²) >= 11 is 0. The van der Waals surface area contributed by atoms with E-state index in [1.165, 1.54) is 47.0 Å². The molecule has 2 heterocycles. The predicted octanol–water partition coefficient (Wildman–Crippen LogP) is 3.63. The Labute approximate surface area is 280 Å². The molecule has 4 rings (SSSR count). The van der Waals surface area contributed by atoms with Gasteiger partial charge >= 0.3 is 0 Å². The normalized spacial score (nSPS) is 12.7. The van der Waals surface area contributed by atoms with Crippen LogP contribution in [0, 0.1) is 17.5 Å². The zero-order valence-corrected chi connectivity index (χ0v) is 27.2. The summed E-state index contributed by atoms with van der Waals surface area (Å²) in [5.74, 6) is -2.91. The number of likely N-dealkylation sites (N-methyl/N-ethyl adjacent to an activating group) is 1. The van der Waals surface area contributed by atoms with E-state index in [2.05, 4.69) is 15.6 Å². The zero-order chi connectivity index (χ0) is 35.5. The summed E-state index contributed by atoms with van der Waals surface area (Å²) in [5, 5.41) is 16.0. The maximum atomic E-state index is 14.4.